The summed E-state index contributed by atoms with van der Waals surface area (Å²) in [4.78, 5) is 28.1. The van der Waals surface area contributed by atoms with E-state index in [9.17, 15) is 9.59 Å². The van der Waals surface area contributed by atoms with Crippen molar-refractivity contribution in [2.24, 2.45) is 0 Å². The fraction of sp³-hybridized carbons (Fsp3) is 0.263. The Morgan fingerprint density at radius 1 is 0.808 bits per heavy atom. The van der Waals surface area contributed by atoms with Crippen molar-refractivity contribution in [1.82, 2.24) is 15.8 Å². The van der Waals surface area contributed by atoms with Crippen LogP contribution >= 0.6 is 0 Å². The van der Waals surface area contributed by atoms with Crippen molar-refractivity contribution in [2.75, 3.05) is 42.9 Å². The lowest BCUT2D eigenvalue weighted by Crippen LogP contribution is -2.52. The molecule has 136 valence electrons. The summed E-state index contributed by atoms with van der Waals surface area (Å²) in [6, 6.07) is 18.8. The summed E-state index contributed by atoms with van der Waals surface area (Å²) in [5.74, 6) is -0.235. The van der Waals surface area contributed by atoms with Gasteiger partial charge in [-0.05, 0) is 24.3 Å². The number of nitrogens with zero attached hydrogens (tertiary/aromatic N) is 2. The number of hydrogen-bond donors (Lipinski definition) is 3. The van der Waals surface area contributed by atoms with Crippen LogP contribution in [0.1, 0.15) is 0 Å². The van der Waals surface area contributed by atoms with Gasteiger partial charge in [-0.1, -0.05) is 36.4 Å². The molecule has 0 atom stereocenters. The van der Waals surface area contributed by atoms with Crippen LogP contribution < -0.4 is 21.1 Å². The molecule has 1 fully saturated rings. The number of carbonyl (C=O) groups excluding carboxylic acids is 2. The summed E-state index contributed by atoms with van der Waals surface area (Å²) in [7, 11) is 0. The Morgan fingerprint density at radius 3 is 2.08 bits per heavy atom. The van der Waals surface area contributed by atoms with Crippen LogP contribution in [0.15, 0.2) is 60.7 Å². The molecule has 26 heavy (non-hydrogen) atoms. The largest absolute Gasteiger partial charge is 0.369 e. The van der Waals surface area contributed by atoms with E-state index in [1.54, 1.807) is 12.1 Å². The third-order valence-electron chi connectivity index (χ3n) is 4.21. The molecule has 7 nitrogen and oxygen atoms in total. The first-order valence-corrected chi connectivity index (χ1v) is 8.64. The molecule has 3 N–H and O–H groups in total. The molecule has 0 spiro atoms. The highest BCUT2D eigenvalue weighted by Gasteiger charge is 2.19. The number of para-hydroxylation sites is 2. The van der Waals surface area contributed by atoms with Gasteiger partial charge in [0.25, 0.3) is 5.91 Å². The Morgan fingerprint density at radius 2 is 1.42 bits per heavy atom. The van der Waals surface area contributed by atoms with Crippen LogP contribution in [0.4, 0.5) is 16.2 Å². The SMILES string of the molecule is O=C(CN1CCN(c2ccccc2)CC1)NNC(=O)Nc1ccccc1. The zero-order chi connectivity index (χ0) is 18.2. The van der Waals surface area contributed by atoms with Gasteiger partial charge in [0.15, 0.2) is 0 Å². The van der Waals surface area contributed by atoms with Crippen molar-refractivity contribution in [3.05, 3.63) is 60.7 Å². The second-order valence-corrected chi connectivity index (χ2v) is 6.09. The summed E-state index contributed by atoms with van der Waals surface area (Å²) in [6.07, 6.45) is 0. The van der Waals surface area contributed by atoms with Gasteiger partial charge in [0, 0.05) is 37.6 Å². The van der Waals surface area contributed by atoms with Crippen molar-refractivity contribution in [3.8, 4) is 0 Å². The van der Waals surface area contributed by atoms with Gasteiger partial charge in [-0.3, -0.25) is 15.1 Å². The third-order valence-corrected chi connectivity index (χ3v) is 4.21. The highest BCUT2D eigenvalue weighted by molar-refractivity contribution is 5.91. The number of amides is 3. The number of hydrazine groups is 1. The van der Waals surface area contributed by atoms with Crippen molar-refractivity contribution in [2.45, 2.75) is 0 Å². The van der Waals surface area contributed by atoms with Gasteiger partial charge in [-0.2, -0.15) is 0 Å². The maximum Gasteiger partial charge on any atom is 0.337 e. The van der Waals surface area contributed by atoms with Crippen LogP contribution in [-0.4, -0.2) is 49.6 Å². The van der Waals surface area contributed by atoms with Crippen molar-refractivity contribution in [3.63, 3.8) is 0 Å². The minimum Gasteiger partial charge on any atom is -0.369 e. The summed E-state index contributed by atoms with van der Waals surface area (Å²) in [5, 5.41) is 2.64. The lowest BCUT2D eigenvalue weighted by molar-refractivity contribution is -0.123. The molecule has 1 saturated heterocycles. The van der Waals surface area contributed by atoms with Crippen LogP contribution in [0.25, 0.3) is 0 Å². The highest BCUT2D eigenvalue weighted by Crippen LogP contribution is 2.15. The number of piperazine rings is 1. The number of benzene rings is 2. The molecule has 7 heteroatoms. The first-order valence-electron chi connectivity index (χ1n) is 8.64. The number of urea groups is 1. The van der Waals surface area contributed by atoms with Crippen LogP contribution in [0.5, 0.6) is 0 Å². The average Bonchev–Trinajstić information content (AvgIpc) is 2.68. The number of anilines is 2. The molecule has 1 aliphatic heterocycles. The number of carbonyl (C=O) groups is 2. The minimum absolute atomic E-state index is 0.235. The van der Waals surface area contributed by atoms with E-state index in [1.165, 1.54) is 5.69 Å². The van der Waals surface area contributed by atoms with Gasteiger partial charge in [-0.25, -0.2) is 10.2 Å². The normalized spacial score (nSPS) is 14.5. The minimum atomic E-state index is -0.474. The van der Waals surface area contributed by atoms with E-state index < -0.39 is 6.03 Å². The average molecular weight is 353 g/mol. The fourth-order valence-electron chi connectivity index (χ4n) is 2.86. The first kappa shape index (κ1) is 17.8. The molecule has 0 bridgehead atoms. The van der Waals surface area contributed by atoms with Crippen LogP contribution in [0.2, 0.25) is 0 Å². The van der Waals surface area contributed by atoms with Gasteiger partial charge in [0.05, 0.1) is 6.54 Å². The molecule has 3 amide bonds. The fourth-order valence-corrected chi connectivity index (χ4v) is 2.86. The van der Waals surface area contributed by atoms with E-state index in [1.807, 2.05) is 36.4 Å². The monoisotopic (exact) mass is 353 g/mol. The lowest BCUT2D eigenvalue weighted by atomic mass is 10.2. The smallest absolute Gasteiger partial charge is 0.337 e. The molecule has 0 saturated carbocycles. The number of rotatable bonds is 4. The molecule has 0 radical (unpaired) electrons. The second kappa shape index (κ2) is 8.87. The molecular formula is C19H23N5O2. The van der Waals surface area contributed by atoms with E-state index in [4.69, 9.17) is 0 Å². The van der Waals surface area contributed by atoms with Crippen molar-refractivity contribution < 1.29 is 9.59 Å². The Kier molecular flexibility index (Phi) is 6.05. The first-order chi connectivity index (χ1) is 12.7. The Balaban J connectivity index is 1.36. The highest BCUT2D eigenvalue weighted by atomic mass is 16.2. The number of nitrogens with one attached hydrogen (secondary N) is 3. The van der Waals surface area contributed by atoms with Crippen LogP contribution in [0, 0.1) is 0 Å². The van der Waals surface area contributed by atoms with E-state index in [2.05, 4.69) is 38.1 Å². The zero-order valence-electron chi connectivity index (χ0n) is 14.5. The molecule has 1 aliphatic rings. The molecule has 0 aliphatic carbocycles. The second-order valence-electron chi connectivity index (χ2n) is 6.09. The van der Waals surface area contributed by atoms with Gasteiger partial charge in [0.1, 0.15) is 0 Å². The van der Waals surface area contributed by atoms with Gasteiger partial charge >= 0.3 is 6.03 Å². The van der Waals surface area contributed by atoms with Crippen molar-refractivity contribution >= 4 is 23.3 Å². The Hall–Kier alpha value is -3.06. The van der Waals surface area contributed by atoms with Crippen molar-refractivity contribution in [1.29, 1.82) is 0 Å². The Bertz CT molecular complexity index is 715. The van der Waals surface area contributed by atoms with Crippen LogP contribution in [0.3, 0.4) is 0 Å². The zero-order valence-corrected chi connectivity index (χ0v) is 14.5. The summed E-state index contributed by atoms with van der Waals surface area (Å²) >= 11 is 0. The molecule has 1 heterocycles. The molecule has 0 aromatic heterocycles. The standard InChI is InChI=1S/C19H23N5O2/c25-18(21-22-19(26)20-16-7-3-1-4-8-16)15-23-11-13-24(14-12-23)17-9-5-2-6-10-17/h1-10H,11-15H2,(H,21,25)(H2,20,22,26). The summed E-state index contributed by atoms with van der Waals surface area (Å²) in [6.45, 7) is 3.61. The van der Waals surface area contributed by atoms with Gasteiger partial charge in [0.2, 0.25) is 0 Å². The maximum atomic E-state index is 12.0. The molecule has 0 unspecified atom stereocenters. The summed E-state index contributed by atoms with van der Waals surface area (Å²) < 4.78 is 0. The summed E-state index contributed by atoms with van der Waals surface area (Å²) in [5.41, 5.74) is 6.67. The lowest BCUT2D eigenvalue weighted by Gasteiger charge is -2.35. The topological polar surface area (TPSA) is 76.7 Å². The predicted octanol–water partition coefficient (Wildman–Crippen LogP) is 1.66. The molecule has 3 rings (SSSR count). The van der Waals surface area contributed by atoms with Crippen LogP contribution in [-0.2, 0) is 4.79 Å². The van der Waals surface area contributed by atoms with E-state index in [0.29, 0.717) is 5.69 Å². The third kappa shape index (κ3) is 5.22. The number of hydrogen-bond acceptors (Lipinski definition) is 4. The van der Waals surface area contributed by atoms with E-state index >= 15 is 0 Å². The quantitative estimate of drug-likeness (QED) is 0.731. The molecular weight excluding hydrogens is 330 g/mol. The Labute approximate surface area is 152 Å². The molecule has 2 aromatic rings. The molecule has 2 aromatic carbocycles. The van der Waals surface area contributed by atoms with Gasteiger partial charge < -0.3 is 10.2 Å². The predicted molar refractivity (Wildman–Crippen MR) is 102 cm³/mol. The maximum absolute atomic E-state index is 12.0. The van der Waals surface area contributed by atoms with E-state index in [-0.39, 0.29) is 12.5 Å². The van der Waals surface area contributed by atoms with Gasteiger partial charge in [-0.15, -0.1) is 0 Å². The van der Waals surface area contributed by atoms with E-state index in [0.717, 1.165) is 26.2 Å².